The first-order chi connectivity index (χ1) is 9.64. The third-order valence-electron chi connectivity index (χ3n) is 3.32. The summed E-state index contributed by atoms with van der Waals surface area (Å²) in [6.07, 6.45) is 1.02. The van der Waals surface area contributed by atoms with Crippen LogP contribution in [-0.2, 0) is 4.74 Å². The van der Waals surface area contributed by atoms with Crippen molar-refractivity contribution in [2.24, 2.45) is 0 Å². The van der Waals surface area contributed by atoms with E-state index in [1.807, 2.05) is 26.1 Å². The standard InChI is InChI=1S/C15H24BrNO3/c1-6-11(20-7-2)14(17-3)10-8-9-12(18-4)13(16)15(10)19-5/h8-9,11,14,17H,6-7H2,1-5H3. The van der Waals surface area contributed by atoms with Crippen LogP contribution in [0.2, 0.25) is 0 Å². The number of likely N-dealkylation sites (N-methyl/N-ethyl adjacent to an activating group) is 1. The normalized spacial score (nSPS) is 13.9. The van der Waals surface area contributed by atoms with E-state index in [9.17, 15) is 0 Å². The van der Waals surface area contributed by atoms with Gasteiger partial charge in [0, 0.05) is 12.2 Å². The molecule has 0 spiro atoms. The van der Waals surface area contributed by atoms with Gasteiger partial charge in [0.25, 0.3) is 0 Å². The van der Waals surface area contributed by atoms with Crippen molar-refractivity contribution in [1.82, 2.24) is 5.32 Å². The van der Waals surface area contributed by atoms with Crippen LogP contribution in [0.25, 0.3) is 0 Å². The molecule has 4 nitrogen and oxygen atoms in total. The molecule has 1 N–H and O–H groups in total. The van der Waals surface area contributed by atoms with Crippen molar-refractivity contribution in [1.29, 1.82) is 0 Å². The molecule has 1 aromatic carbocycles. The number of methoxy groups -OCH3 is 2. The molecule has 2 atom stereocenters. The molecule has 2 unspecified atom stereocenters. The first-order valence-electron chi connectivity index (χ1n) is 6.83. The zero-order chi connectivity index (χ0) is 15.1. The topological polar surface area (TPSA) is 39.7 Å². The molecule has 0 aromatic heterocycles. The van der Waals surface area contributed by atoms with Gasteiger partial charge in [0.2, 0.25) is 0 Å². The summed E-state index contributed by atoms with van der Waals surface area (Å²) in [6.45, 7) is 4.82. The largest absolute Gasteiger partial charge is 0.495 e. The smallest absolute Gasteiger partial charge is 0.141 e. The van der Waals surface area contributed by atoms with Gasteiger partial charge in [-0.2, -0.15) is 0 Å². The Morgan fingerprint density at radius 3 is 2.35 bits per heavy atom. The summed E-state index contributed by atoms with van der Waals surface area (Å²) in [5.41, 5.74) is 1.06. The Labute approximate surface area is 129 Å². The van der Waals surface area contributed by atoms with Crippen molar-refractivity contribution in [2.75, 3.05) is 27.9 Å². The van der Waals surface area contributed by atoms with Gasteiger partial charge in [-0.1, -0.05) is 6.92 Å². The van der Waals surface area contributed by atoms with Gasteiger partial charge >= 0.3 is 0 Å². The van der Waals surface area contributed by atoms with Crippen molar-refractivity contribution < 1.29 is 14.2 Å². The number of halogens is 1. The highest BCUT2D eigenvalue weighted by atomic mass is 79.9. The van der Waals surface area contributed by atoms with E-state index in [1.54, 1.807) is 14.2 Å². The average Bonchev–Trinajstić information content (AvgIpc) is 2.47. The third kappa shape index (κ3) is 3.65. The number of ether oxygens (including phenoxy) is 3. The maximum absolute atomic E-state index is 5.83. The summed E-state index contributed by atoms with van der Waals surface area (Å²) < 4.78 is 17.5. The molecule has 0 aliphatic heterocycles. The van der Waals surface area contributed by atoms with E-state index in [0.717, 1.165) is 28.0 Å². The Morgan fingerprint density at radius 1 is 1.20 bits per heavy atom. The third-order valence-corrected chi connectivity index (χ3v) is 4.07. The fourth-order valence-electron chi connectivity index (χ4n) is 2.37. The first kappa shape index (κ1) is 17.3. The lowest BCUT2D eigenvalue weighted by Gasteiger charge is -2.28. The maximum Gasteiger partial charge on any atom is 0.141 e. The number of hydrogen-bond acceptors (Lipinski definition) is 4. The Kier molecular flexibility index (Phi) is 7.34. The second-order valence-electron chi connectivity index (χ2n) is 4.37. The van der Waals surface area contributed by atoms with E-state index in [2.05, 4.69) is 28.2 Å². The van der Waals surface area contributed by atoms with Gasteiger partial charge in [-0.15, -0.1) is 0 Å². The van der Waals surface area contributed by atoms with Crippen LogP contribution in [-0.4, -0.2) is 34.0 Å². The quantitative estimate of drug-likeness (QED) is 0.782. The van der Waals surface area contributed by atoms with Crippen LogP contribution in [0.4, 0.5) is 0 Å². The van der Waals surface area contributed by atoms with E-state index < -0.39 is 0 Å². The molecule has 0 saturated carbocycles. The summed E-state index contributed by atoms with van der Waals surface area (Å²) in [7, 11) is 5.24. The van der Waals surface area contributed by atoms with Gasteiger partial charge in [0.05, 0.1) is 26.4 Å². The predicted octanol–water partition coefficient (Wildman–Crippen LogP) is 3.54. The molecule has 0 bridgehead atoms. The summed E-state index contributed by atoms with van der Waals surface area (Å²) in [5, 5.41) is 3.33. The van der Waals surface area contributed by atoms with Crippen LogP contribution in [0.1, 0.15) is 31.9 Å². The zero-order valence-corrected chi connectivity index (χ0v) is 14.4. The Bertz CT molecular complexity index is 426. The first-order valence-corrected chi connectivity index (χ1v) is 7.62. The highest BCUT2D eigenvalue weighted by molar-refractivity contribution is 9.10. The summed E-state index contributed by atoms with van der Waals surface area (Å²) >= 11 is 3.54. The van der Waals surface area contributed by atoms with E-state index in [-0.39, 0.29) is 12.1 Å². The highest BCUT2D eigenvalue weighted by Crippen LogP contribution is 2.40. The zero-order valence-electron chi connectivity index (χ0n) is 12.8. The van der Waals surface area contributed by atoms with E-state index in [1.165, 1.54) is 0 Å². The molecule has 0 radical (unpaired) electrons. The molecule has 1 rings (SSSR count). The van der Waals surface area contributed by atoms with Crippen molar-refractivity contribution in [3.8, 4) is 11.5 Å². The van der Waals surface area contributed by atoms with Crippen molar-refractivity contribution in [2.45, 2.75) is 32.4 Å². The minimum absolute atomic E-state index is 0.0668. The summed E-state index contributed by atoms with van der Waals surface area (Å²) in [4.78, 5) is 0. The summed E-state index contributed by atoms with van der Waals surface area (Å²) in [5.74, 6) is 1.53. The Balaban J connectivity index is 3.24. The Morgan fingerprint density at radius 2 is 1.90 bits per heavy atom. The molecule has 5 heteroatoms. The van der Waals surface area contributed by atoms with Crippen LogP contribution < -0.4 is 14.8 Å². The predicted molar refractivity (Wildman–Crippen MR) is 84.8 cm³/mol. The minimum Gasteiger partial charge on any atom is -0.495 e. The van der Waals surface area contributed by atoms with Crippen LogP contribution in [0, 0.1) is 0 Å². The molecule has 0 saturated heterocycles. The van der Waals surface area contributed by atoms with Crippen molar-refractivity contribution in [3.63, 3.8) is 0 Å². The monoisotopic (exact) mass is 345 g/mol. The van der Waals surface area contributed by atoms with Gasteiger partial charge < -0.3 is 19.5 Å². The lowest BCUT2D eigenvalue weighted by Crippen LogP contribution is -2.31. The Hall–Kier alpha value is -0.780. The summed E-state index contributed by atoms with van der Waals surface area (Å²) in [6, 6.07) is 4.02. The van der Waals surface area contributed by atoms with E-state index >= 15 is 0 Å². The number of hydrogen-bond donors (Lipinski definition) is 1. The number of benzene rings is 1. The molecule has 0 aliphatic rings. The average molecular weight is 346 g/mol. The fraction of sp³-hybridized carbons (Fsp3) is 0.600. The van der Waals surface area contributed by atoms with Gasteiger partial charge in [-0.25, -0.2) is 0 Å². The van der Waals surface area contributed by atoms with Gasteiger partial charge in [-0.05, 0) is 48.5 Å². The fourth-order valence-corrected chi connectivity index (χ4v) is 3.05. The SMILES string of the molecule is CCOC(CC)C(NC)c1ccc(OC)c(Br)c1OC. The van der Waals surface area contributed by atoms with Crippen LogP contribution >= 0.6 is 15.9 Å². The molecular formula is C15H24BrNO3. The van der Waals surface area contributed by atoms with Gasteiger partial charge in [-0.3, -0.25) is 0 Å². The maximum atomic E-state index is 5.83. The lowest BCUT2D eigenvalue weighted by atomic mass is 9.98. The van der Waals surface area contributed by atoms with Crippen molar-refractivity contribution in [3.05, 3.63) is 22.2 Å². The molecule has 0 heterocycles. The number of nitrogens with one attached hydrogen (secondary N) is 1. The minimum atomic E-state index is 0.0668. The highest BCUT2D eigenvalue weighted by Gasteiger charge is 2.26. The number of rotatable bonds is 8. The molecule has 20 heavy (non-hydrogen) atoms. The molecule has 0 amide bonds. The second-order valence-corrected chi connectivity index (χ2v) is 5.17. The van der Waals surface area contributed by atoms with Gasteiger partial charge in [0.15, 0.2) is 0 Å². The van der Waals surface area contributed by atoms with Gasteiger partial charge in [0.1, 0.15) is 16.0 Å². The van der Waals surface area contributed by atoms with Crippen LogP contribution in [0.15, 0.2) is 16.6 Å². The molecular weight excluding hydrogens is 322 g/mol. The van der Waals surface area contributed by atoms with E-state index in [0.29, 0.717) is 6.61 Å². The molecule has 114 valence electrons. The van der Waals surface area contributed by atoms with Crippen LogP contribution in [0.5, 0.6) is 11.5 Å². The molecule has 1 aromatic rings. The second kappa shape index (κ2) is 8.49. The lowest BCUT2D eigenvalue weighted by molar-refractivity contribution is 0.0327. The molecule has 0 fully saturated rings. The van der Waals surface area contributed by atoms with Crippen LogP contribution in [0.3, 0.4) is 0 Å². The van der Waals surface area contributed by atoms with Crippen molar-refractivity contribution >= 4 is 15.9 Å². The van der Waals surface area contributed by atoms with E-state index in [4.69, 9.17) is 14.2 Å². The molecule has 0 aliphatic carbocycles.